The number of likely N-dealkylation sites (N-methyl/N-ethyl adjacent to an activating group) is 1. The van der Waals surface area contributed by atoms with Crippen LogP contribution in [0.5, 0.6) is 0 Å². The first kappa shape index (κ1) is 12.2. The second-order valence-corrected chi connectivity index (χ2v) is 4.97. The van der Waals surface area contributed by atoms with Gasteiger partial charge in [-0.05, 0) is 32.3 Å². The number of anilines is 1. The number of nitrogens with zero attached hydrogens (tertiary/aromatic N) is 2. The number of carbonyl (C=O) groups is 1. The summed E-state index contributed by atoms with van der Waals surface area (Å²) in [6, 6.07) is 5.44. The van der Waals surface area contributed by atoms with Crippen LogP contribution in [0.2, 0.25) is 5.02 Å². The first-order valence-corrected chi connectivity index (χ1v) is 5.87. The minimum atomic E-state index is -0.0203. The summed E-state index contributed by atoms with van der Waals surface area (Å²) in [4.78, 5) is 16.0. The molecule has 1 saturated heterocycles. The van der Waals surface area contributed by atoms with Gasteiger partial charge in [-0.25, -0.2) is 0 Å². The Bertz CT molecular complexity index is 441. The molecule has 0 radical (unpaired) electrons. The summed E-state index contributed by atoms with van der Waals surface area (Å²) in [5, 5.41) is 0.420. The van der Waals surface area contributed by atoms with Gasteiger partial charge in [0.25, 0.3) is 5.91 Å². The number of rotatable bonds is 2. The van der Waals surface area contributed by atoms with Crippen LogP contribution in [0.3, 0.4) is 0 Å². The van der Waals surface area contributed by atoms with Gasteiger partial charge in [-0.15, -0.1) is 0 Å². The maximum Gasteiger partial charge on any atom is 0.255 e. The van der Waals surface area contributed by atoms with Gasteiger partial charge in [-0.2, -0.15) is 0 Å². The van der Waals surface area contributed by atoms with Crippen LogP contribution in [0, 0.1) is 0 Å². The highest BCUT2D eigenvalue weighted by Gasteiger charge is 2.32. The summed E-state index contributed by atoms with van der Waals surface area (Å²) in [6.45, 7) is 1.51. The Labute approximate surface area is 106 Å². The molecule has 0 bridgehead atoms. The molecule has 0 atom stereocenters. The molecule has 2 N–H and O–H groups in total. The summed E-state index contributed by atoms with van der Waals surface area (Å²) >= 11 is 6.01. The third-order valence-corrected chi connectivity index (χ3v) is 3.42. The van der Waals surface area contributed by atoms with Gasteiger partial charge >= 0.3 is 0 Å². The van der Waals surface area contributed by atoms with E-state index in [9.17, 15) is 4.79 Å². The molecule has 0 aliphatic carbocycles. The molecule has 5 heteroatoms. The Morgan fingerprint density at radius 3 is 2.65 bits per heavy atom. The Morgan fingerprint density at radius 1 is 1.47 bits per heavy atom. The second-order valence-electron chi connectivity index (χ2n) is 4.57. The molecule has 92 valence electrons. The number of benzene rings is 1. The van der Waals surface area contributed by atoms with Crippen LogP contribution < -0.4 is 5.73 Å². The summed E-state index contributed by atoms with van der Waals surface area (Å²) < 4.78 is 0. The van der Waals surface area contributed by atoms with Crippen LogP contribution in [0.1, 0.15) is 10.4 Å². The van der Waals surface area contributed by atoms with E-state index in [1.165, 1.54) is 0 Å². The van der Waals surface area contributed by atoms with Crippen molar-refractivity contribution in [2.75, 3.05) is 32.9 Å². The molecule has 1 aliphatic heterocycles. The molecule has 4 nitrogen and oxygen atoms in total. The first-order valence-electron chi connectivity index (χ1n) is 5.50. The largest absolute Gasteiger partial charge is 0.399 e. The zero-order valence-electron chi connectivity index (χ0n) is 9.98. The zero-order valence-corrected chi connectivity index (χ0v) is 10.7. The zero-order chi connectivity index (χ0) is 12.6. The Hall–Kier alpha value is -1.26. The number of carbonyl (C=O) groups excluding carboxylic acids is 1. The van der Waals surface area contributed by atoms with Crippen molar-refractivity contribution >= 4 is 23.2 Å². The predicted octanol–water partition coefficient (Wildman–Crippen LogP) is 1.31. The van der Waals surface area contributed by atoms with E-state index in [-0.39, 0.29) is 5.91 Å². The van der Waals surface area contributed by atoms with E-state index < -0.39 is 0 Å². The lowest BCUT2D eigenvalue weighted by molar-refractivity contribution is 0.0399. The van der Waals surface area contributed by atoms with E-state index in [2.05, 4.69) is 4.90 Å². The van der Waals surface area contributed by atoms with Crippen molar-refractivity contribution in [1.29, 1.82) is 0 Å². The minimum Gasteiger partial charge on any atom is -0.399 e. The molecule has 0 unspecified atom stereocenters. The third-order valence-electron chi connectivity index (χ3n) is 3.10. The van der Waals surface area contributed by atoms with E-state index in [0.29, 0.717) is 22.3 Å². The molecule has 1 aromatic rings. The lowest BCUT2D eigenvalue weighted by atomic mass is 10.1. The van der Waals surface area contributed by atoms with Crippen LogP contribution in [-0.2, 0) is 0 Å². The molecule has 1 aromatic carbocycles. The van der Waals surface area contributed by atoms with Crippen LogP contribution in [0.4, 0.5) is 5.69 Å². The highest BCUT2D eigenvalue weighted by Crippen LogP contribution is 2.23. The maximum absolute atomic E-state index is 12.1. The minimum absolute atomic E-state index is 0.0203. The highest BCUT2D eigenvalue weighted by atomic mass is 35.5. The Morgan fingerprint density at radius 2 is 2.12 bits per heavy atom. The number of likely N-dealkylation sites (tertiary alicyclic amines) is 1. The number of halogens is 1. The average molecular weight is 254 g/mol. The van der Waals surface area contributed by atoms with E-state index >= 15 is 0 Å². The van der Waals surface area contributed by atoms with Crippen LogP contribution in [-0.4, -0.2) is 48.9 Å². The topological polar surface area (TPSA) is 49.6 Å². The van der Waals surface area contributed by atoms with E-state index in [4.69, 9.17) is 17.3 Å². The monoisotopic (exact) mass is 253 g/mol. The number of nitrogen functional groups attached to an aromatic ring is 1. The molecule has 1 aliphatic rings. The van der Waals surface area contributed by atoms with Gasteiger partial charge in [0.2, 0.25) is 0 Å². The fourth-order valence-corrected chi connectivity index (χ4v) is 2.09. The molecule has 0 saturated carbocycles. The summed E-state index contributed by atoms with van der Waals surface area (Å²) in [5.74, 6) is -0.0203. The van der Waals surface area contributed by atoms with Gasteiger partial charge in [0, 0.05) is 24.8 Å². The van der Waals surface area contributed by atoms with Gasteiger partial charge in [-0.3, -0.25) is 4.79 Å². The molecule has 2 rings (SSSR count). The molecule has 0 spiro atoms. The molecule has 1 amide bonds. The maximum atomic E-state index is 12.1. The smallest absolute Gasteiger partial charge is 0.255 e. The average Bonchev–Trinajstić information content (AvgIpc) is 2.13. The quantitative estimate of drug-likeness (QED) is 0.809. The second kappa shape index (κ2) is 4.55. The van der Waals surface area contributed by atoms with Gasteiger partial charge in [0.05, 0.1) is 10.6 Å². The van der Waals surface area contributed by atoms with Crippen molar-refractivity contribution in [3.63, 3.8) is 0 Å². The van der Waals surface area contributed by atoms with Crippen LogP contribution in [0.25, 0.3) is 0 Å². The number of hydrogen-bond acceptors (Lipinski definition) is 3. The van der Waals surface area contributed by atoms with Gasteiger partial charge in [0.15, 0.2) is 0 Å². The third kappa shape index (κ3) is 2.37. The van der Waals surface area contributed by atoms with Gasteiger partial charge < -0.3 is 15.5 Å². The number of amides is 1. The molecular formula is C12H16ClN3O. The standard InChI is InChI=1S/C12H16ClN3O/c1-15(2)9-6-16(7-9)12(17)10-4-3-8(14)5-11(10)13/h3-5,9H,6-7,14H2,1-2H3. The Balaban J connectivity index is 2.07. The normalized spacial score (nSPS) is 16.1. The lowest BCUT2D eigenvalue weighted by Gasteiger charge is -2.42. The Kier molecular flexibility index (Phi) is 3.26. The first-order chi connectivity index (χ1) is 7.99. The van der Waals surface area contributed by atoms with E-state index in [1.54, 1.807) is 23.1 Å². The lowest BCUT2D eigenvalue weighted by Crippen LogP contribution is -2.59. The number of hydrogen-bond donors (Lipinski definition) is 1. The van der Waals surface area contributed by atoms with Crippen LogP contribution >= 0.6 is 11.6 Å². The molecule has 17 heavy (non-hydrogen) atoms. The molecular weight excluding hydrogens is 238 g/mol. The summed E-state index contributed by atoms with van der Waals surface area (Å²) in [6.07, 6.45) is 0. The molecule has 0 aromatic heterocycles. The van der Waals surface area contributed by atoms with Gasteiger partial charge in [-0.1, -0.05) is 11.6 Å². The van der Waals surface area contributed by atoms with Crippen molar-refractivity contribution in [3.8, 4) is 0 Å². The van der Waals surface area contributed by atoms with Crippen molar-refractivity contribution in [3.05, 3.63) is 28.8 Å². The van der Waals surface area contributed by atoms with Crippen molar-refractivity contribution in [2.24, 2.45) is 0 Å². The predicted molar refractivity (Wildman–Crippen MR) is 69.2 cm³/mol. The SMILES string of the molecule is CN(C)C1CN(C(=O)c2ccc(N)cc2Cl)C1. The fraction of sp³-hybridized carbons (Fsp3) is 0.417. The fourth-order valence-electron chi connectivity index (χ4n) is 1.82. The van der Waals surface area contributed by atoms with E-state index in [1.807, 2.05) is 14.1 Å². The summed E-state index contributed by atoms with van der Waals surface area (Å²) in [7, 11) is 4.03. The van der Waals surface area contributed by atoms with Gasteiger partial charge in [0.1, 0.15) is 0 Å². The van der Waals surface area contributed by atoms with Crippen molar-refractivity contribution < 1.29 is 4.79 Å². The number of nitrogens with two attached hydrogens (primary N) is 1. The highest BCUT2D eigenvalue weighted by molar-refractivity contribution is 6.34. The molecule has 1 fully saturated rings. The van der Waals surface area contributed by atoms with E-state index in [0.717, 1.165) is 13.1 Å². The van der Waals surface area contributed by atoms with Crippen molar-refractivity contribution in [2.45, 2.75) is 6.04 Å². The molecule has 1 heterocycles. The van der Waals surface area contributed by atoms with Crippen molar-refractivity contribution in [1.82, 2.24) is 9.80 Å². The summed E-state index contributed by atoms with van der Waals surface area (Å²) in [5.41, 5.74) is 6.69. The van der Waals surface area contributed by atoms with Crippen LogP contribution in [0.15, 0.2) is 18.2 Å².